The van der Waals surface area contributed by atoms with Crippen molar-refractivity contribution >= 4 is 27.7 Å². The Morgan fingerprint density at radius 2 is 1.58 bits per heavy atom. The fourth-order valence-corrected chi connectivity index (χ4v) is 5.48. The van der Waals surface area contributed by atoms with Gasteiger partial charge in [0.1, 0.15) is 6.04 Å². The molecule has 0 unspecified atom stereocenters. The first-order valence-electron chi connectivity index (χ1n) is 12.9. The van der Waals surface area contributed by atoms with Crippen molar-refractivity contribution in [3.63, 3.8) is 0 Å². The van der Waals surface area contributed by atoms with E-state index in [9.17, 15) is 9.59 Å². The number of nitrogens with one attached hydrogen (secondary N) is 1. The number of hydrogen-bond acceptors (Lipinski definition) is 2. The quantitative estimate of drug-likeness (QED) is 0.338. The number of hydrogen-bond donors (Lipinski definition) is 1. The van der Waals surface area contributed by atoms with Crippen molar-refractivity contribution in [1.82, 2.24) is 10.2 Å². The van der Waals surface area contributed by atoms with Crippen LogP contribution in [0.25, 0.3) is 0 Å². The van der Waals surface area contributed by atoms with Gasteiger partial charge < -0.3 is 10.2 Å². The van der Waals surface area contributed by atoms with Crippen LogP contribution in [0.2, 0.25) is 0 Å². The lowest BCUT2D eigenvalue weighted by Gasteiger charge is -2.33. The van der Waals surface area contributed by atoms with E-state index in [1.54, 1.807) is 4.90 Å². The molecule has 1 N–H and O–H groups in total. The zero-order chi connectivity index (χ0) is 25.3. The molecule has 1 aliphatic rings. The molecule has 3 aromatic rings. The van der Waals surface area contributed by atoms with E-state index in [1.807, 2.05) is 85.8 Å². The normalized spacial score (nSPS) is 14.7. The Kier molecular flexibility index (Phi) is 9.35. The van der Waals surface area contributed by atoms with Crippen LogP contribution < -0.4 is 5.32 Å². The van der Waals surface area contributed by atoms with Crippen molar-refractivity contribution in [2.24, 2.45) is 0 Å². The molecule has 0 spiro atoms. The van der Waals surface area contributed by atoms with E-state index in [0.717, 1.165) is 52.4 Å². The highest BCUT2D eigenvalue weighted by molar-refractivity contribution is 9.10. The van der Waals surface area contributed by atoms with Crippen molar-refractivity contribution < 1.29 is 9.59 Å². The summed E-state index contributed by atoms with van der Waals surface area (Å²) in [5, 5.41) is 3.30. The summed E-state index contributed by atoms with van der Waals surface area (Å²) in [7, 11) is 0. The SMILES string of the molecule is Cc1cccc(CC(=O)N(Cc2cccc(Br)c2)[C@@H](Cc2ccccc2)C(=O)NC2CCCCC2)c1. The lowest BCUT2D eigenvalue weighted by atomic mass is 9.94. The summed E-state index contributed by atoms with van der Waals surface area (Å²) in [5.74, 6) is -0.0985. The lowest BCUT2D eigenvalue weighted by molar-refractivity contribution is -0.141. The summed E-state index contributed by atoms with van der Waals surface area (Å²) in [4.78, 5) is 29.5. The molecule has 4 rings (SSSR count). The maximum Gasteiger partial charge on any atom is 0.243 e. The zero-order valence-electron chi connectivity index (χ0n) is 21.0. The number of nitrogens with zero attached hydrogens (tertiary/aromatic N) is 1. The van der Waals surface area contributed by atoms with Gasteiger partial charge in [-0.1, -0.05) is 107 Å². The number of halogens is 1. The summed E-state index contributed by atoms with van der Waals surface area (Å²) in [6.45, 7) is 2.41. The zero-order valence-corrected chi connectivity index (χ0v) is 22.5. The lowest BCUT2D eigenvalue weighted by Crippen LogP contribution is -2.53. The second-order valence-electron chi connectivity index (χ2n) is 9.87. The number of aryl methyl sites for hydroxylation is 1. The third kappa shape index (κ3) is 7.54. The molecule has 4 nitrogen and oxygen atoms in total. The minimum atomic E-state index is -0.592. The maximum absolute atomic E-state index is 13.9. The predicted molar refractivity (Wildman–Crippen MR) is 149 cm³/mol. The smallest absolute Gasteiger partial charge is 0.243 e. The average Bonchev–Trinajstić information content (AvgIpc) is 2.87. The fourth-order valence-electron chi connectivity index (χ4n) is 5.03. The van der Waals surface area contributed by atoms with E-state index in [2.05, 4.69) is 21.2 Å². The van der Waals surface area contributed by atoms with Crippen molar-refractivity contribution in [3.8, 4) is 0 Å². The van der Waals surface area contributed by atoms with Crippen molar-refractivity contribution in [1.29, 1.82) is 0 Å². The Labute approximate surface area is 223 Å². The Balaban J connectivity index is 1.65. The van der Waals surface area contributed by atoms with Gasteiger partial charge in [0, 0.05) is 23.5 Å². The second kappa shape index (κ2) is 12.9. The van der Waals surface area contributed by atoms with Gasteiger partial charge in [-0.3, -0.25) is 9.59 Å². The number of benzene rings is 3. The Hall–Kier alpha value is -2.92. The van der Waals surface area contributed by atoms with Crippen molar-refractivity contribution in [2.45, 2.75) is 70.5 Å². The summed E-state index contributed by atoms with van der Waals surface area (Å²) in [6, 6.07) is 25.6. The molecule has 0 aromatic heterocycles. The molecular weight excluding hydrogens is 512 g/mol. The van der Waals surface area contributed by atoms with Crippen LogP contribution in [0.3, 0.4) is 0 Å². The first-order valence-corrected chi connectivity index (χ1v) is 13.7. The van der Waals surface area contributed by atoms with Crippen LogP contribution in [0, 0.1) is 6.92 Å². The van der Waals surface area contributed by atoms with Gasteiger partial charge in [0.05, 0.1) is 6.42 Å². The van der Waals surface area contributed by atoms with Crippen LogP contribution in [0.4, 0.5) is 0 Å². The fraction of sp³-hybridized carbons (Fsp3) is 0.355. The minimum Gasteiger partial charge on any atom is -0.352 e. The molecule has 0 bridgehead atoms. The molecule has 1 atom stereocenters. The van der Waals surface area contributed by atoms with Gasteiger partial charge in [-0.2, -0.15) is 0 Å². The maximum atomic E-state index is 13.9. The third-order valence-corrected chi connectivity index (χ3v) is 7.40. The van der Waals surface area contributed by atoms with E-state index in [1.165, 1.54) is 6.42 Å². The van der Waals surface area contributed by atoms with Gasteiger partial charge in [-0.25, -0.2) is 0 Å². The van der Waals surface area contributed by atoms with Crippen molar-refractivity contribution in [2.75, 3.05) is 0 Å². The minimum absolute atomic E-state index is 0.0414. The molecule has 2 amide bonds. The predicted octanol–water partition coefficient (Wildman–Crippen LogP) is 6.39. The second-order valence-corrected chi connectivity index (χ2v) is 10.8. The molecule has 0 heterocycles. The molecule has 1 saturated carbocycles. The van der Waals surface area contributed by atoms with Crippen molar-refractivity contribution in [3.05, 3.63) is 106 Å². The molecule has 0 aliphatic heterocycles. The number of carbonyl (C=O) groups excluding carboxylic acids is 2. The molecule has 1 aliphatic carbocycles. The standard InChI is InChI=1S/C31H35BrN2O2/c1-23-10-8-13-25(18-23)21-30(35)34(22-26-14-9-15-27(32)19-26)29(20-24-11-4-2-5-12-24)31(36)33-28-16-6-3-7-17-28/h2,4-5,8-15,18-19,28-29H,3,6-7,16-17,20-22H2,1H3,(H,33,36)/t29-/m0/s1. The summed E-state index contributed by atoms with van der Waals surface area (Å²) < 4.78 is 0.956. The largest absolute Gasteiger partial charge is 0.352 e. The molecular formula is C31H35BrN2O2. The van der Waals surface area contributed by atoms with Gasteiger partial charge in [0.2, 0.25) is 11.8 Å². The summed E-state index contributed by atoms with van der Waals surface area (Å²) in [5.41, 5.74) is 4.12. The van der Waals surface area contributed by atoms with E-state index >= 15 is 0 Å². The number of amides is 2. The molecule has 3 aromatic carbocycles. The van der Waals surface area contributed by atoms with E-state index in [-0.39, 0.29) is 24.3 Å². The van der Waals surface area contributed by atoms with Crippen LogP contribution in [0.5, 0.6) is 0 Å². The highest BCUT2D eigenvalue weighted by Gasteiger charge is 2.32. The molecule has 36 heavy (non-hydrogen) atoms. The molecule has 188 valence electrons. The van der Waals surface area contributed by atoms with E-state index in [0.29, 0.717) is 13.0 Å². The third-order valence-electron chi connectivity index (χ3n) is 6.90. The number of rotatable bonds is 9. The van der Waals surface area contributed by atoms with Gasteiger partial charge in [-0.15, -0.1) is 0 Å². The molecule has 0 saturated heterocycles. The number of carbonyl (C=O) groups is 2. The summed E-state index contributed by atoms with van der Waals surface area (Å²) in [6.07, 6.45) is 6.26. The first-order chi connectivity index (χ1) is 17.5. The van der Waals surface area contributed by atoms with Gasteiger partial charge in [0.25, 0.3) is 0 Å². The van der Waals surface area contributed by atoms with Crippen LogP contribution in [-0.4, -0.2) is 28.8 Å². The van der Waals surface area contributed by atoms with Crippen LogP contribution in [-0.2, 0) is 29.0 Å². The Bertz CT molecular complexity index is 1160. The highest BCUT2D eigenvalue weighted by Crippen LogP contribution is 2.21. The van der Waals surface area contributed by atoms with E-state index < -0.39 is 6.04 Å². The monoisotopic (exact) mass is 546 g/mol. The van der Waals surface area contributed by atoms with Crippen LogP contribution in [0.15, 0.2) is 83.3 Å². The van der Waals surface area contributed by atoms with Crippen LogP contribution >= 0.6 is 15.9 Å². The average molecular weight is 548 g/mol. The molecule has 0 radical (unpaired) electrons. The molecule has 5 heteroatoms. The highest BCUT2D eigenvalue weighted by atomic mass is 79.9. The van der Waals surface area contributed by atoms with Crippen LogP contribution in [0.1, 0.15) is 54.4 Å². The van der Waals surface area contributed by atoms with Gasteiger partial charge in [0.15, 0.2) is 0 Å². The van der Waals surface area contributed by atoms with Gasteiger partial charge in [-0.05, 0) is 48.6 Å². The Morgan fingerprint density at radius 1 is 0.889 bits per heavy atom. The molecule has 1 fully saturated rings. The first kappa shape index (κ1) is 26.2. The summed E-state index contributed by atoms with van der Waals surface area (Å²) >= 11 is 3.55. The van der Waals surface area contributed by atoms with E-state index in [4.69, 9.17) is 0 Å². The van der Waals surface area contributed by atoms with Gasteiger partial charge >= 0.3 is 0 Å². The Morgan fingerprint density at radius 3 is 2.31 bits per heavy atom. The topological polar surface area (TPSA) is 49.4 Å².